The molecular weight excluding hydrogens is 272 g/mol. The topological polar surface area (TPSA) is 42.0 Å². The molecule has 22 heavy (non-hydrogen) atoms. The first-order chi connectivity index (χ1) is 10.3. The zero-order chi connectivity index (χ0) is 16.2. The minimum Gasteiger partial charge on any atom is -0.311 e. The van der Waals surface area contributed by atoms with Crippen LogP contribution in [0.5, 0.6) is 0 Å². The highest BCUT2D eigenvalue weighted by atomic mass is 16.1. The standard InChI is InChI=1S/C19H24N2O/c1-14-5-11-17(20-13-14)21-18(22)12-8-15-6-9-16(10-7-15)19(2,3)4/h5-7,9-11,13H,8,12H2,1-4H3,(H,20,21,22). The third-order valence-electron chi connectivity index (χ3n) is 3.64. The number of nitrogens with one attached hydrogen (secondary N) is 1. The van der Waals surface area contributed by atoms with Crippen molar-refractivity contribution in [3.63, 3.8) is 0 Å². The lowest BCUT2D eigenvalue weighted by molar-refractivity contribution is -0.116. The normalized spacial score (nSPS) is 11.3. The van der Waals surface area contributed by atoms with E-state index in [1.807, 2.05) is 19.1 Å². The van der Waals surface area contributed by atoms with E-state index in [0.717, 1.165) is 12.0 Å². The smallest absolute Gasteiger partial charge is 0.225 e. The molecule has 0 saturated carbocycles. The Bertz CT molecular complexity index is 622. The van der Waals surface area contributed by atoms with Gasteiger partial charge in [-0.05, 0) is 41.5 Å². The van der Waals surface area contributed by atoms with Gasteiger partial charge < -0.3 is 5.32 Å². The molecular formula is C19H24N2O. The number of anilines is 1. The number of rotatable bonds is 4. The molecule has 1 N–H and O–H groups in total. The van der Waals surface area contributed by atoms with Gasteiger partial charge in [-0.25, -0.2) is 4.98 Å². The fourth-order valence-electron chi connectivity index (χ4n) is 2.18. The molecule has 2 aromatic rings. The molecule has 3 nitrogen and oxygen atoms in total. The fourth-order valence-corrected chi connectivity index (χ4v) is 2.18. The van der Waals surface area contributed by atoms with Crippen molar-refractivity contribution in [1.82, 2.24) is 4.98 Å². The van der Waals surface area contributed by atoms with E-state index in [9.17, 15) is 4.79 Å². The SMILES string of the molecule is Cc1ccc(NC(=O)CCc2ccc(C(C)(C)C)cc2)nc1. The lowest BCUT2D eigenvalue weighted by atomic mass is 9.86. The average molecular weight is 296 g/mol. The molecule has 0 unspecified atom stereocenters. The first-order valence-corrected chi connectivity index (χ1v) is 7.66. The van der Waals surface area contributed by atoms with Crippen LogP contribution < -0.4 is 5.32 Å². The van der Waals surface area contributed by atoms with Crippen LogP contribution in [0.15, 0.2) is 42.6 Å². The van der Waals surface area contributed by atoms with Crippen molar-refractivity contribution in [3.05, 3.63) is 59.3 Å². The third kappa shape index (κ3) is 4.69. The van der Waals surface area contributed by atoms with Gasteiger partial charge in [-0.1, -0.05) is 51.1 Å². The number of hydrogen-bond donors (Lipinski definition) is 1. The van der Waals surface area contributed by atoms with Gasteiger partial charge in [0.1, 0.15) is 5.82 Å². The van der Waals surface area contributed by atoms with Crippen molar-refractivity contribution < 1.29 is 4.79 Å². The highest BCUT2D eigenvalue weighted by Gasteiger charge is 2.13. The van der Waals surface area contributed by atoms with E-state index in [1.165, 1.54) is 11.1 Å². The lowest BCUT2D eigenvalue weighted by Crippen LogP contribution is -2.13. The summed E-state index contributed by atoms with van der Waals surface area (Å²) >= 11 is 0. The largest absolute Gasteiger partial charge is 0.311 e. The molecule has 0 aliphatic carbocycles. The number of aromatic nitrogens is 1. The van der Waals surface area contributed by atoms with Crippen molar-refractivity contribution in [2.24, 2.45) is 0 Å². The van der Waals surface area contributed by atoms with Crippen LogP contribution in [0.1, 0.15) is 43.9 Å². The number of hydrogen-bond acceptors (Lipinski definition) is 2. The minimum absolute atomic E-state index is 0.00347. The summed E-state index contributed by atoms with van der Waals surface area (Å²) in [5.41, 5.74) is 3.73. The summed E-state index contributed by atoms with van der Waals surface area (Å²) in [6.07, 6.45) is 2.95. The predicted molar refractivity (Wildman–Crippen MR) is 91.1 cm³/mol. The van der Waals surface area contributed by atoms with Gasteiger partial charge in [-0.3, -0.25) is 4.79 Å². The molecule has 1 aromatic carbocycles. The first kappa shape index (κ1) is 16.2. The van der Waals surface area contributed by atoms with Gasteiger partial charge in [0.15, 0.2) is 0 Å². The molecule has 0 radical (unpaired) electrons. The molecule has 0 aliphatic heterocycles. The molecule has 0 fully saturated rings. The average Bonchev–Trinajstić information content (AvgIpc) is 2.47. The summed E-state index contributed by atoms with van der Waals surface area (Å²) in [5.74, 6) is 0.606. The molecule has 0 saturated heterocycles. The summed E-state index contributed by atoms with van der Waals surface area (Å²) in [4.78, 5) is 16.1. The molecule has 2 rings (SSSR count). The molecule has 1 aromatic heterocycles. The minimum atomic E-state index is -0.00347. The van der Waals surface area contributed by atoms with Crippen LogP contribution in [0.2, 0.25) is 0 Å². The summed E-state index contributed by atoms with van der Waals surface area (Å²) < 4.78 is 0. The molecule has 1 amide bonds. The van der Waals surface area contributed by atoms with Gasteiger partial charge in [0.25, 0.3) is 0 Å². The fraction of sp³-hybridized carbons (Fsp3) is 0.368. The maximum Gasteiger partial charge on any atom is 0.225 e. The number of amides is 1. The Balaban J connectivity index is 1.87. The van der Waals surface area contributed by atoms with E-state index in [1.54, 1.807) is 6.20 Å². The highest BCUT2D eigenvalue weighted by molar-refractivity contribution is 5.89. The zero-order valence-corrected chi connectivity index (χ0v) is 13.8. The molecule has 116 valence electrons. The van der Waals surface area contributed by atoms with Crippen molar-refractivity contribution in [2.45, 2.75) is 46.0 Å². The van der Waals surface area contributed by atoms with Gasteiger partial charge in [0.2, 0.25) is 5.91 Å². The molecule has 0 atom stereocenters. The predicted octanol–water partition coefficient (Wildman–Crippen LogP) is 4.26. The van der Waals surface area contributed by atoms with Crippen molar-refractivity contribution >= 4 is 11.7 Å². The maximum atomic E-state index is 11.9. The number of carbonyl (C=O) groups excluding carboxylic acids is 1. The lowest BCUT2D eigenvalue weighted by Gasteiger charge is -2.19. The number of pyridine rings is 1. The quantitative estimate of drug-likeness (QED) is 0.916. The van der Waals surface area contributed by atoms with Crippen LogP contribution in [0.25, 0.3) is 0 Å². The van der Waals surface area contributed by atoms with Crippen LogP contribution >= 0.6 is 0 Å². The van der Waals surface area contributed by atoms with Crippen LogP contribution in [0, 0.1) is 6.92 Å². The van der Waals surface area contributed by atoms with Gasteiger partial charge in [-0.2, -0.15) is 0 Å². The summed E-state index contributed by atoms with van der Waals surface area (Å²) in [6.45, 7) is 8.57. The van der Waals surface area contributed by atoms with E-state index in [4.69, 9.17) is 0 Å². The van der Waals surface area contributed by atoms with Gasteiger partial charge in [0, 0.05) is 12.6 Å². The van der Waals surface area contributed by atoms with Gasteiger partial charge >= 0.3 is 0 Å². The first-order valence-electron chi connectivity index (χ1n) is 7.66. The zero-order valence-electron chi connectivity index (χ0n) is 13.8. The van der Waals surface area contributed by atoms with Crippen LogP contribution in [0.4, 0.5) is 5.82 Å². The highest BCUT2D eigenvalue weighted by Crippen LogP contribution is 2.22. The van der Waals surface area contributed by atoms with E-state index < -0.39 is 0 Å². The van der Waals surface area contributed by atoms with E-state index in [-0.39, 0.29) is 11.3 Å². The van der Waals surface area contributed by atoms with E-state index in [2.05, 4.69) is 55.3 Å². The van der Waals surface area contributed by atoms with Crippen LogP contribution in [-0.4, -0.2) is 10.9 Å². The Labute approximate surface area is 132 Å². The Morgan fingerprint density at radius 3 is 2.32 bits per heavy atom. The molecule has 0 spiro atoms. The van der Waals surface area contributed by atoms with E-state index in [0.29, 0.717) is 12.2 Å². The number of nitrogens with zero attached hydrogens (tertiary/aromatic N) is 1. The Morgan fingerprint density at radius 1 is 1.09 bits per heavy atom. The molecule has 0 aliphatic rings. The second-order valence-electron chi connectivity index (χ2n) is 6.72. The monoisotopic (exact) mass is 296 g/mol. The second-order valence-corrected chi connectivity index (χ2v) is 6.72. The summed E-state index contributed by atoms with van der Waals surface area (Å²) in [5, 5.41) is 2.82. The summed E-state index contributed by atoms with van der Waals surface area (Å²) in [7, 11) is 0. The number of carbonyl (C=O) groups is 1. The number of benzene rings is 1. The Hall–Kier alpha value is -2.16. The van der Waals surface area contributed by atoms with Gasteiger partial charge in [0.05, 0.1) is 0 Å². The van der Waals surface area contributed by atoms with Crippen LogP contribution in [0.3, 0.4) is 0 Å². The number of aryl methyl sites for hydroxylation is 2. The molecule has 3 heteroatoms. The molecule has 1 heterocycles. The van der Waals surface area contributed by atoms with Crippen molar-refractivity contribution in [3.8, 4) is 0 Å². The molecule has 0 bridgehead atoms. The third-order valence-corrected chi connectivity index (χ3v) is 3.64. The summed E-state index contributed by atoms with van der Waals surface area (Å²) in [6, 6.07) is 12.3. The van der Waals surface area contributed by atoms with Crippen molar-refractivity contribution in [1.29, 1.82) is 0 Å². The Kier molecular flexibility index (Phi) is 4.96. The Morgan fingerprint density at radius 2 is 1.77 bits per heavy atom. The second kappa shape index (κ2) is 6.73. The van der Waals surface area contributed by atoms with Crippen molar-refractivity contribution in [2.75, 3.05) is 5.32 Å². The van der Waals surface area contributed by atoms with Gasteiger partial charge in [-0.15, -0.1) is 0 Å². The van der Waals surface area contributed by atoms with E-state index >= 15 is 0 Å². The maximum absolute atomic E-state index is 11.9. The van der Waals surface area contributed by atoms with Crippen LogP contribution in [-0.2, 0) is 16.6 Å².